The number of amides is 1. The normalized spacial score (nSPS) is 11.8. The van der Waals surface area contributed by atoms with Crippen molar-refractivity contribution in [3.63, 3.8) is 0 Å². The lowest BCUT2D eigenvalue weighted by Gasteiger charge is -2.18. The van der Waals surface area contributed by atoms with Crippen LogP contribution < -0.4 is 11.1 Å². The molecule has 0 spiro atoms. The van der Waals surface area contributed by atoms with Gasteiger partial charge in [-0.25, -0.2) is 4.79 Å². The average Bonchev–Trinajstić information content (AvgIpc) is 2.75. The van der Waals surface area contributed by atoms with Crippen molar-refractivity contribution in [1.82, 2.24) is 5.32 Å². The number of carbonyl (C=O) groups excluding carboxylic acids is 2. The summed E-state index contributed by atoms with van der Waals surface area (Å²) in [6.07, 6.45) is 2.28. The predicted octanol–water partition coefficient (Wildman–Crippen LogP) is 4.55. The van der Waals surface area contributed by atoms with E-state index in [1.54, 1.807) is 18.2 Å². The molecule has 0 bridgehead atoms. The molecule has 3 rings (SSSR count). The molecular formula is C24H26N2O3. The Hall–Kier alpha value is -3.34. The third kappa shape index (κ3) is 4.57. The van der Waals surface area contributed by atoms with Crippen LogP contribution in [0.2, 0.25) is 0 Å². The maximum absolute atomic E-state index is 13.1. The largest absolute Gasteiger partial charge is 0.467 e. The van der Waals surface area contributed by atoms with Gasteiger partial charge in [0.1, 0.15) is 6.04 Å². The molecule has 1 atom stereocenters. The van der Waals surface area contributed by atoms with Crippen LogP contribution in [0.3, 0.4) is 0 Å². The summed E-state index contributed by atoms with van der Waals surface area (Å²) in [6.45, 7) is 2.04. The van der Waals surface area contributed by atoms with Crippen molar-refractivity contribution in [3.8, 4) is 11.1 Å². The summed E-state index contributed by atoms with van der Waals surface area (Å²) in [5.74, 6) is -0.756. The Bertz CT molecular complexity index is 1020. The molecule has 0 fully saturated rings. The summed E-state index contributed by atoms with van der Waals surface area (Å²) in [5, 5.41) is 4.95. The first kappa shape index (κ1) is 20.4. The maximum Gasteiger partial charge on any atom is 0.328 e. The third-order valence-corrected chi connectivity index (χ3v) is 5.01. The molecule has 0 unspecified atom stereocenters. The Labute approximate surface area is 170 Å². The summed E-state index contributed by atoms with van der Waals surface area (Å²) in [4.78, 5) is 25.2. The minimum absolute atomic E-state index is 0.320. The zero-order valence-electron chi connectivity index (χ0n) is 16.8. The van der Waals surface area contributed by atoms with Gasteiger partial charge in [-0.05, 0) is 46.5 Å². The van der Waals surface area contributed by atoms with Crippen LogP contribution in [0.1, 0.15) is 36.5 Å². The monoisotopic (exact) mass is 390 g/mol. The number of ether oxygens (including phenoxy) is 1. The second kappa shape index (κ2) is 9.24. The molecule has 5 nitrogen and oxygen atoms in total. The first-order valence-electron chi connectivity index (χ1n) is 9.81. The van der Waals surface area contributed by atoms with Crippen molar-refractivity contribution in [2.24, 2.45) is 0 Å². The topological polar surface area (TPSA) is 81.4 Å². The first-order valence-corrected chi connectivity index (χ1v) is 9.81. The highest BCUT2D eigenvalue weighted by Gasteiger charge is 2.23. The molecule has 0 saturated carbocycles. The standard InChI is InChI=1S/C24H26N2O3/c1-3-4-12-22(24(28)29-2)26-23(27)20-14-13-17(25)15-21(20)19-11-7-9-16-8-5-6-10-18(16)19/h5-11,13-15,22H,3-4,12,25H2,1-2H3,(H,26,27)/t22-/m0/s1. The molecular weight excluding hydrogens is 364 g/mol. The van der Waals surface area contributed by atoms with E-state index < -0.39 is 12.0 Å². The summed E-state index contributed by atoms with van der Waals surface area (Å²) < 4.78 is 4.86. The Morgan fingerprint density at radius 1 is 1.03 bits per heavy atom. The van der Waals surface area contributed by atoms with Crippen LogP contribution in [0, 0.1) is 0 Å². The van der Waals surface area contributed by atoms with Crippen molar-refractivity contribution >= 4 is 28.3 Å². The van der Waals surface area contributed by atoms with Crippen molar-refractivity contribution in [1.29, 1.82) is 0 Å². The molecule has 1 amide bonds. The zero-order chi connectivity index (χ0) is 20.8. The van der Waals surface area contributed by atoms with Crippen LogP contribution >= 0.6 is 0 Å². The van der Waals surface area contributed by atoms with E-state index in [-0.39, 0.29) is 5.91 Å². The number of esters is 1. The fourth-order valence-electron chi connectivity index (χ4n) is 3.48. The highest BCUT2D eigenvalue weighted by Crippen LogP contribution is 2.32. The van der Waals surface area contributed by atoms with Crippen LogP contribution in [-0.4, -0.2) is 25.0 Å². The smallest absolute Gasteiger partial charge is 0.328 e. The molecule has 3 aromatic carbocycles. The van der Waals surface area contributed by atoms with Crippen LogP contribution in [0.25, 0.3) is 21.9 Å². The Balaban J connectivity index is 2.02. The molecule has 0 heterocycles. The summed E-state index contributed by atoms with van der Waals surface area (Å²) in [6, 6.07) is 18.5. The molecule has 150 valence electrons. The van der Waals surface area contributed by atoms with Gasteiger partial charge in [0.25, 0.3) is 5.91 Å². The summed E-state index contributed by atoms with van der Waals surface area (Å²) in [5.41, 5.74) is 8.74. The molecule has 0 aromatic heterocycles. The van der Waals surface area contributed by atoms with Gasteiger partial charge in [0.15, 0.2) is 0 Å². The molecule has 0 saturated heterocycles. The van der Waals surface area contributed by atoms with Gasteiger partial charge < -0.3 is 15.8 Å². The second-order valence-electron chi connectivity index (χ2n) is 7.02. The molecule has 29 heavy (non-hydrogen) atoms. The van der Waals surface area contributed by atoms with Gasteiger partial charge in [-0.3, -0.25) is 4.79 Å². The maximum atomic E-state index is 13.1. The van der Waals surface area contributed by atoms with Gasteiger partial charge in [-0.1, -0.05) is 62.2 Å². The lowest BCUT2D eigenvalue weighted by atomic mass is 9.93. The number of hydrogen-bond donors (Lipinski definition) is 2. The molecule has 0 radical (unpaired) electrons. The van der Waals surface area contributed by atoms with E-state index in [0.29, 0.717) is 17.7 Å². The second-order valence-corrected chi connectivity index (χ2v) is 7.02. The SMILES string of the molecule is CCCC[C@H](NC(=O)c1ccc(N)cc1-c1cccc2ccccc12)C(=O)OC. The summed E-state index contributed by atoms with van der Waals surface area (Å²) >= 11 is 0. The number of anilines is 1. The van der Waals surface area contributed by atoms with E-state index >= 15 is 0 Å². The van der Waals surface area contributed by atoms with Crippen molar-refractivity contribution < 1.29 is 14.3 Å². The van der Waals surface area contributed by atoms with Crippen LogP contribution in [0.4, 0.5) is 5.69 Å². The van der Waals surface area contributed by atoms with Crippen molar-refractivity contribution in [2.75, 3.05) is 12.8 Å². The fraction of sp³-hybridized carbons (Fsp3) is 0.250. The minimum atomic E-state index is -0.676. The number of hydrogen-bond acceptors (Lipinski definition) is 4. The van der Waals surface area contributed by atoms with Gasteiger partial charge in [0, 0.05) is 11.3 Å². The van der Waals surface area contributed by atoms with Gasteiger partial charge in [0.05, 0.1) is 7.11 Å². The van der Waals surface area contributed by atoms with Gasteiger partial charge in [-0.15, -0.1) is 0 Å². The number of fused-ring (bicyclic) bond motifs is 1. The fourth-order valence-corrected chi connectivity index (χ4v) is 3.48. The Morgan fingerprint density at radius 3 is 2.55 bits per heavy atom. The first-order chi connectivity index (χ1) is 14.0. The Morgan fingerprint density at radius 2 is 1.79 bits per heavy atom. The zero-order valence-corrected chi connectivity index (χ0v) is 16.8. The van der Waals surface area contributed by atoms with Crippen molar-refractivity contribution in [2.45, 2.75) is 32.2 Å². The molecule has 0 aliphatic carbocycles. The predicted molar refractivity (Wildman–Crippen MR) is 117 cm³/mol. The lowest BCUT2D eigenvalue weighted by Crippen LogP contribution is -2.41. The van der Waals surface area contributed by atoms with Gasteiger partial charge in [-0.2, -0.15) is 0 Å². The van der Waals surface area contributed by atoms with Crippen LogP contribution in [0.5, 0.6) is 0 Å². The number of rotatable bonds is 7. The highest BCUT2D eigenvalue weighted by molar-refractivity contribution is 6.07. The molecule has 0 aliphatic heterocycles. The van der Waals surface area contributed by atoms with Crippen molar-refractivity contribution in [3.05, 3.63) is 66.2 Å². The number of nitrogens with two attached hydrogens (primary N) is 1. The summed E-state index contributed by atoms with van der Waals surface area (Å²) in [7, 11) is 1.33. The van der Waals surface area contributed by atoms with Crippen LogP contribution in [-0.2, 0) is 9.53 Å². The third-order valence-electron chi connectivity index (χ3n) is 5.01. The van der Waals surface area contributed by atoms with E-state index in [9.17, 15) is 9.59 Å². The van der Waals surface area contributed by atoms with E-state index in [1.165, 1.54) is 7.11 Å². The quantitative estimate of drug-likeness (QED) is 0.458. The molecule has 0 aliphatic rings. The number of benzene rings is 3. The highest BCUT2D eigenvalue weighted by atomic mass is 16.5. The molecule has 3 N–H and O–H groups in total. The molecule has 3 aromatic rings. The van der Waals surface area contributed by atoms with Gasteiger partial charge >= 0.3 is 5.97 Å². The van der Waals surface area contributed by atoms with E-state index in [2.05, 4.69) is 5.32 Å². The van der Waals surface area contributed by atoms with E-state index in [1.807, 2.05) is 49.4 Å². The Kier molecular flexibility index (Phi) is 6.50. The number of methoxy groups -OCH3 is 1. The average molecular weight is 390 g/mol. The van der Waals surface area contributed by atoms with Gasteiger partial charge in [0.2, 0.25) is 0 Å². The number of nitrogens with one attached hydrogen (secondary N) is 1. The lowest BCUT2D eigenvalue weighted by molar-refractivity contribution is -0.143. The number of nitrogen functional groups attached to an aromatic ring is 1. The van der Waals surface area contributed by atoms with E-state index in [0.717, 1.165) is 34.7 Å². The minimum Gasteiger partial charge on any atom is -0.467 e. The molecule has 5 heteroatoms. The van der Waals surface area contributed by atoms with E-state index in [4.69, 9.17) is 10.5 Å². The van der Waals surface area contributed by atoms with Crippen LogP contribution in [0.15, 0.2) is 60.7 Å². The number of carbonyl (C=O) groups is 2. The number of unbranched alkanes of at least 4 members (excludes halogenated alkanes) is 1.